The lowest BCUT2D eigenvalue weighted by atomic mass is 9.84. The Labute approximate surface area is 127 Å². The topological polar surface area (TPSA) is 29.9 Å². The minimum absolute atomic E-state index is 0.706. The minimum Gasteiger partial charge on any atom is -0.310 e. The smallest absolute Gasteiger partial charge is 0.0991 e. The van der Waals surface area contributed by atoms with Gasteiger partial charge in [0.25, 0.3) is 0 Å². The molecule has 2 aromatic rings. The maximum absolute atomic E-state index is 4.08. The molecular formula is C18H25N3. The van der Waals surface area contributed by atoms with E-state index in [1.54, 1.807) is 0 Å². The first-order chi connectivity index (χ1) is 10.3. The number of benzene rings is 1. The summed E-state index contributed by atoms with van der Waals surface area (Å²) < 4.78 is 2.03. The average Bonchev–Trinajstić information content (AvgIpc) is 3.08. The molecule has 1 aliphatic rings. The number of aromatic nitrogens is 2. The molecule has 3 rings (SSSR count). The average molecular weight is 283 g/mol. The quantitative estimate of drug-likeness (QED) is 0.901. The second kappa shape index (κ2) is 6.90. The molecule has 0 spiro atoms. The molecule has 0 bridgehead atoms. The molecule has 21 heavy (non-hydrogen) atoms. The molecule has 1 heterocycles. The summed E-state index contributed by atoms with van der Waals surface area (Å²) in [7, 11) is 0. The zero-order valence-corrected chi connectivity index (χ0v) is 12.8. The highest BCUT2D eigenvalue weighted by atomic mass is 15.0. The van der Waals surface area contributed by atoms with Gasteiger partial charge in [0.2, 0.25) is 0 Å². The third kappa shape index (κ3) is 3.73. The number of hydrogen-bond acceptors (Lipinski definition) is 2. The molecule has 0 aliphatic heterocycles. The van der Waals surface area contributed by atoms with Gasteiger partial charge in [0.05, 0.1) is 6.33 Å². The zero-order chi connectivity index (χ0) is 14.5. The molecule has 0 saturated heterocycles. The van der Waals surface area contributed by atoms with Gasteiger partial charge in [-0.2, -0.15) is 0 Å². The van der Waals surface area contributed by atoms with E-state index in [0.29, 0.717) is 6.04 Å². The van der Waals surface area contributed by atoms with Crippen LogP contribution in [0.15, 0.2) is 43.0 Å². The Morgan fingerprint density at radius 1 is 1.24 bits per heavy atom. The summed E-state index contributed by atoms with van der Waals surface area (Å²) >= 11 is 0. The summed E-state index contributed by atoms with van der Waals surface area (Å²) in [5.74, 6) is 0.930. The molecule has 1 N–H and O–H groups in total. The van der Waals surface area contributed by atoms with Crippen LogP contribution in [-0.2, 0) is 6.54 Å². The van der Waals surface area contributed by atoms with Crippen molar-refractivity contribution in [3.63, 3.8) is 0 Å². The first-order valence-electron chi connectivity index (χ1n) is 8.16. The molecule has 3 heteroatoms. The van der Waals surface area contributed by atoms with Gasteiger partial charge in [0.15, 0.2) is 0 Å². The van der Waals surface area contributed by atoms with Gasteiger partial charge < -0.3 is 9.88 Å². The Bertz CT molecular complexity index is 530. The van der Waals surface area contributed by atoms with Crippen molar-refractivity contribution in [3.8, 4) is 5.69 Å². The summed E-state index contributed by atoms with van der Waals surface area (Å²) in [5.41, 5.74) is 2.53. The van der Waals surface area contributed by atoms with Crippen LogP contribution in [0.5, 0.6) is 0 Å². The second-order valence-electron chi connectivity index (χ2n) is 6.16. The van der Waals surface area contributed by atoms with Gasteiger partial charge in [0, 0.05) is 30.7 Å². The second-order valence-corrected chi connectivity index (χ2v) is 6.16. The Hall–Kier alpha value is -1.61. The molecule has 112 valence electrons. The first-order valence-corrected chi connectivity index (χ1v) is 8.16. The minimum atomic E-state index is 0.706. The van der Waals surface area contributed by atoms with Crippen molar-refractivity contribution in [3.05, 3.63) is 48.5 Å². The van der Waals surface area contributed by atoms with E-state index >= 15 is 0 Å². The van der Waals surface area contributed by atoms with Gasteiger partial charge in [-0.25, -0.2) is 4.98 Å². The molecule has 1 aromatic carbocycles. The van der Waals surface area contributed by atoms with Gasteiger partial charge >= 0.3 is 0 Å². The van der Waals surface area contributed by atoms with Crippen LogP contribution in [0.2, 0.25) is 0 Å². The fraction of sp³-hybridized carbons (Fsp3) is 0.500. The van der Waals surface area contributed by atoms with Crippen molar-refractivity contribution in [2.45, 2.75) is 51.6 Å². The highest BCUT2D eigenvalue weighted by molar-refractivity contribution is 5.34. The number of imidazole rings is 1. The normalized spacial score (nSPS) is 22.3. The zero-order valence-electron chi connectivity index (χ0n) is 12.8. The van der Waals surface area contributed by atoms with Crippen LogP contribution in [-0.4, -0.2) is 15.6 Å². The van der Waals surface area contributed by atoms with Crippen molar-refractivity contribution in [1.82, 2.24) is 14.9 Å². The predicted molar refractivity (Wildman–Crippen MR) is 86.4 cm³/mol. The monoisotopic (exact) mass is 283 g/mol. The van der Waals surface area contributed by atoms with Crippen LogP contribution in [0.3, 0.4) is 0 Å². The SMILES string of the molecule is CCC1CCCC(NCc2ccc(-n3ccnc3)cc2)C1. The molecule has 3 nitrogen and oxygen atoms in total. The molecule has 0 radical (unpaired) electrons. The molecule has 2 atom stereocenters. The highest BCUT2D eigenvalue weighted by Crippen LogP contribution is 2.26. The van der Waals surface area contributed by atoms with E-state index in [0.717, 1.165) is 12.5 Å². The van der Waals surface area contributed by atoms with Crippen LogP contribution >= 0.6 is 0 Å². The standard InChI is InChI=1S/C18H25N3/c1-2-15-4-3-5-17(12-15)20-13-16-6-8-18(9-7-16)21-11-10-19-14-21/h6-11,14-15,17,20H,2-5,12-13H2,1H3. The first kappa shape index (κ1) is 14.3. The van der Waals surface area contributed by atoms with Gasteiger partial charge in [0.1, 0.15) is 0 Å². The van der Waals surface area contributed by atoms with E-state index in [9.17, 15) is 0 Å². The number of hydrogen-bond donors (Lipinski definition) is 1. The lowest BCUT2D eigenvalue weighted by Gasteiger charge is -2.29. The van der Waals surface area contributed by atoms with Crippen molar-refractivity contribution in [2.24, 2.45) is 5.92 Å². The van der Waals surface area contributed by atoms with E-state index < -0.39 is 0 Å². The summed E-state index contributed by atoms with van der Waals surface area (Å²) in [4.78, 5) is 4.08. The van der Waals surface area contributed by atoms with Gasteiger partial charge in [-0.3, -0.25) is 0 Å². The lowest BCUT2D eigenvalue weighted by molar-refractivity contribution is 0.278. The van der Waals surface area contributed by atoms with Crippen molar-refractivity contribution >= 4 is 0 Å². The van der Waals surface area contributed by atoms with Gasteiger partial charge in [-0.1, -0.05) is 38.3 Å². The Morgan fingerprint density at radius 2 is 2.10 bits per heavy atom. The van der Waals surface area contributed by atoms with Crippen LogP contribution in [0.1, 0.15) is 44.6 Å². The van der Waals surface area contributed by atoms with Crippen molar-refractivity contribution in [2.75, 3.05) is 0 Å². The van der Waals surface area contributed by atoms with E-state index in [1.165, 1.54) is 43.4 Å². The van der Waals surface area contributed by atoms with Crippen molar-refractivity contribution < 1.29 is 0 Å². The van der Waals surface area contributed by atoms with Crippen LogP contribution in [0.4, 0.5) is 0 Å². The molecular weight excluding hydrogens is 258 g/mol. The molecule has 1 aliphatic carbocycles. The third-order valence-electron chi connectivity index (χ3n) is 4.69. The maximum Gasteiger partial charge on any atom is 0.0991 e. The fourth-order valence-electron chi connectivity index (χ4n) is 3.31. The Morgan fingerprint density at radius 3 is 2.81 bits per heavy atom. The Balaban J connectivity index is 1.53. The lowest BCUT2D eigenvalue weighted by Crippen LogP contribution is -2.33. The number of rotatable bonds is 5. The molecule has 1 fully saturated rings. The van der Waals surface area contributed by atoms with Gasteiger partial charge in [-0.05, 0) is 36.5 Å². The van der Waals surface area contributed by atoms with E-state index in [-0.39, 0.29) is 0 Å². The maximum atomic E-state index is 4.08. The fourth-order valence-corrected chi connectivity index (χ4v) is 3.31. The molecule has 1 aromatic heterocycles. The van der Waals surface area contributed by atoms with Gasteiger partial charge in [-0.15, -0.1) is 0 Å². The number of nitrogens with zero attached hydrogens (tertiary/aromatic N) is 2. The van der Waals surface area contributed by atoms with E-state index in [4.69, 9.17) is 0 Å². The van der Waals surface area contributed by atoms with Crippen LogP contribution in [0, 0.1) is 5.92 Å². The summed E-state index contributed by atoms with van der Waals surface area (Å²) in [5, 5.41) is 3.74. The van der Waals surface area contributed by atoms with E-state index in [2.05, 4.69) is 41.5 Å². The molecule has 1 saturated carbocycles. The van der Waals surface area contributed by atoms with Crippen LogP contribution in [0.25, 0.3) is 5.69 Å². The summed E-state index contributed by atoms with van der Waals surface area (Å²) in [6.45, 7) is 3.30. The Kier molecular flexibility index (Phi) is 4.71. The largest absolute Gasteiger partial charge is 0.310 e. The number of nitrogens with one attached hydrogen (secondary N) is 1. The summed E-state index contributed by atoms with van der Waals surface area (Å²) in [6.07, 6.45) is 12.4. The third-order valence-corrected chi connectivity index (χ3v) is 4.69. The van der Waals surface area contributed by atoms with E-state index in [1.807, 2.05) is 23.3 Å². The molecule has 2 unspecified atom stereocenters. The molecule has 0 amide bonds. The predicted octanol–water partition coefficient (Wildman–Crippen LogP) is 3.93. The van der Waals surface area contributed by atoms with Crippen LogP contribution < -0.4 is 5.32 Å². The summed E-state index contributed by atoms with van der Waals surface area (Å²) in [6, 6.07) is 9.45. The van der Waals surface area contributed by atoms with Crippen molar-refractivity contribution in [1.29, 1.82) is 0 Å². The highest BCUT2D eigenvalue weighted by Gasteiger charge is 2.19.